The standard InChI is InChI=1S/C9H11ClN2/c1-6(5-10)7-2-3-8(11)9(12)4-7/h2-4H,1,5,11-12H2. The van der Waals surface area contributed by atoms with Crippen LogP contribution in [0.3, 0.4) is 0 Å². The van der Waals surface area contributed by atoms with Crippen LogP contribution >= 0.6 is 11.6 Å². The lowest BCUT2D eigenvalue weighted by molar-refractivity contribution is 1.57. The summed E-state index contributed by atoms with van der Waals surface area (Å²) in [7, 11) is 0. The number of hydrogen-bond donors (Lipinski definition) is 2. The number of benzene rings is 1. The molecule has 1 aromatic carbocycles. The topological polar surface area (TPSA) is 52.0 Å². The molecule has 1 rings (SSSR count). The molecule has 0 saturated heterocycles. The number of halogens is 1. The van der Waals surface area contributed by atoms with E-state index in [0.29, 0.717) is 17.3 Å². The predicted octanol–water partition coefficient (Wildman–Crippen LogP) is 2.10. The zero-order chi connectivity index (χ0) is 9.14. The molecule has 0 unspecified atom stereocenters. The Balaban J connectivity index is 3.05. The van der Waals surface area contributed by atoms with Gasteiger partial charge < -0.3 is 11.5 Å². The minimum absolute atomic E-state index is 0.406. The lowest BCUT2D eigenvalue weighted by Gasteiger charge is -2.04. The number of allylic oxidation sites excluding steroid dienone is 1. The van der Waals surface area contributed by atoms with Crippen molar-refractivity contribution < 1.29 is 0 Å². The van der Waals surface area contributed by atoms with Crippen molar-refractivity contribution in [3.63, 3.8) is 0 Å². The van der Waals surface area contributed by atoms with Gasteiger partial charge in [0.05, 0.1) is 11.4 Å². The van der Waals surface area contributed by atoms with Crippen molar-refractivity contribution in [3.8, 4) is 0 Å². The minimum Gasteiger partial charge on any atom is -0.397 e. The Bertz CT molecular complexity index is 307. The molecule has 0 aromatic heterocycles. The summed E-state index contributed by atoms with van der Waals surface area (Å²) in [5, 5.41) is 0. The third kappa shape index (κ3) is 1.71. The van der Waals surface area contributed by atoms with Crippen molar-refractivity contribution in [1.29, 1.82) is 0 Å². The number of anilines is 2. The predicted molar refractivity (Wildman–Crippen MR) is 55.0 cm³/mol. The highest BCUT2D eigenvalue weighted by Crippen LogP contribution is 2.21. The van der Waals surface area contributed by atoms with Crippen LogP contribution in [0.1, 0.15) is 5.56 Å². The molecule has 0 fully saturated rings. The highest BCUT2D eigenvalue weighted by atomic mass is 35.5. The molecule has 4 N–H and O–H groups in total. The quantitative estimate of drug-likeness (QED) is 0.544. The molecule has 0 atom stereocenters. The van der Waals surface area contributed by atoms with Crippen LogP contribution in [0.2, 0.25) is 0 Å². The van der Waals surface area contributed by atoms with Crippen molar-refractivity contribution in [2.24, 2.45) is 0 Å². The van der Waals surface area contributed by atoms with E-state index in [4.69, 9.17) is 23.1 Å². The number of nitrogen functional groups attached to an aromatic ring is 2. The van der Waals surface area contributed by atoms with Crippen LogP contribution in [-0.2, 0) is 0 Å². The van der Waals surface area contributed by atoms with E-state index in [2.05, 4.69) is 6.58 Å². The Labute approximate surface area is 76.8 Å². The number of nitrogens with two attached hydrogens (primary N) is 2. The monoisotopic (exact) mass is 182 g/mol. The fourth-order valence-corrected chi connectivity index (χ4v) is 1.03. The smallest absolute Gasteiger partial charge is 0.0553 e. The van der Waals surface area contributed by atoms with E-state index < -0.39 is 0 Å². The fourth-order valence-electron chi connectivity index (χ4n) is 0.872. The highest BCUT2D eigenvalue weighted by molar-refractivity contribution is 6.23. The van der Waals surface area contributed by atoms with Crippen molar-refractivity contribution >= 4 is 28.5 Å². The molecule has 0 amide bonds. The zero-order valence-electron chi connectivity index (χ0n) is 6.68. The molecular formula is C9H11ClN2. The number of hydrogen-bond acceptors (Lipinski definition) is 2. The Kier molecular flexibility index (Phi) is 2.61. The first-order valence-corrected chi connectivity index (χ1v) is 4.07. The molecule has 0 heterocycles. The van der Waals surface area contributed by atoms with E-state index in [1.165, 1.54) is 0 Å². The Morgan fingerprint density at radius 1 is 1.33 bits per heavy atom. The average molecular weight is 183 g/mol. The van der Waals surface area contributed by atoms with Crippen LogP contribution in [0, 0.1) is 0 Å². The van der Waals surface area contributed by atoms with E-state index in [-0.39, 0.29) is 0 Å². The molecule has 64 valence electrons. The summed E-state index contributed by atoms with van der Waals surface area (Å²) in [4.78, 5) is 0. The molecule has 0 aliphatic carbocycles. The van der Waals surface area contributed by atoms with E-state index in [1.807, 2.05) is 6.07 Å². The average Bonchev–Trinajstić information content (AvgIpc) is 2.08. The largest absolute Gasteiger partial charge is 0.397 e. The summed E-state index contributed by atoms with van der Waals surface area (Å²) in [5.74, 6) is 0.406. The molecule has 0 spiro atoms. The second kappa shape index (κ2) is 3.50. The van der Waals surface area contributed by atoms with Gasteiger partial charge in [-0.1, -0.05) is 12.6 Å². The second-order valence-corrected chi connectivity index (χ2v) is 2.85. The normalized spacial score (nSPS) is 9.75. The van der Waals surface area contributed by atoms with Crippen LogP contribution in [0.25, 0.3) is 5.57 Å². The van der Waals surface area contributed by atoms with Gasteiger partial charge in [-0.05, 0) is 23.3 Å². The van der Waals surface area contributed by atoms with Gasteiger partial charge in [0.1, 0.15) is 0 Å². The minimum atomic E-state index is 0.406. The third-order valence-corrected chi connectivity index (χ3v) is 1.98. The molecule has 0 aliphatic heterocycles. The maximum atomic E-state index is 5.61. The van der Waals surface area contributed by atoms with Crippen LogP contribution in [0.4, 0.5) is 11.4 Å². The summed E-state index contributed by atoms with van der Waals surface area (Å²) in [6.45, 7) is 3.79. The first kappa shape index (κ1) is 8.94. The summed E-state index contributed by atoms with van der Waals surface area (Å²) >= 11 is 5.61. The lowest BCUT2D eigenvalue weighted by Crippen LogP contribution is -1.95. The Hall–Kier alpha value is -1.15. The van der Waals surface area contributed by atoms with E-state index in [0.717, 1.165) is 11.1 Å². The molecule has 0 radical (unpaired) electrons. The molecule has 0 saturated carbocycles. The molecular weight excluding hydrogens is 172 g/mol. The maximum absolute atomic E-state index is 5.61. The van der Waals surface area contributed by atoms with E-state index in [9.17, 15) is 0 Å². The van der Waals surface area contributed by atoms with Crippen molar-refractivity contribution in [2.75, 3.05) is 17.3 Å². The van der Waals surface area contributed by atoms with Crippen molar-refractivity contribution in [3.05, 3.63) is 30.3 Å². The lowest BCUT2D eigenvalue weighted by atomic mass is 10.1. The van der Waals surface area contributed by atoms with Crippen molar-refractivity contribution in [2.45, 2.75) is 0 Å². The van der Waals surface area contributed by atoms with E-state index in [1.54, 1.807) is 12.1 Å². The number of rotatable bonds is 2. The van der Waals surface area contributed by atoms with Gasteiger partial charge in [0, 0.05) is 5.88 Å². The summed E-state index contributed by atoms with van der Waals surface area (Å²) in [5.41, 5.74) is 14.1. The SMILES string of the molecule is C=C(CCl)c1ccc(N)c(N)c1. The Morgan fingerprint density at radius 2 is 2.00 bits per heavy atom. The molecule has 2 nitrogen and oxygen atoms in total. The Morgan fingerprint density at radius 3 is 2.50 bits per heavy atom. The summed E-state index contributed by atoms with van der Waals surface area (Å²) in [6.07, 6.45) is 0. The van der Waals surface area contributed by atoms with Gasteiger partial charge in [-0.2, -0.15) is 0 Å². The molecule has 3 heteroatoms. The van der Waals surface area contributed by atoms with Gasteiger partial charge in [-0.25, -0.2) is 0 Å². The van der Waals surface area contributed by atoms with Crippen molar-refractivity contribution in [1.82, 2.24) is 0 Å². The summed E-state index contributed by atoms with van der Waals surface area (Å²) < 4.78 is 0. The van der Waals surface area contributed by atoms with Gasteiger partial charge in [0.25, 0.3) is 0 Å². The molecule has 0 bridgehead atoms. The summed E-state index contributed by atoms with van der Waals surface area (Å²) in [6, 6.07) is 5.39. The fraction of sp³-hybridized carbons (Fsp3) is 0.111. The molecule has 1 aromatic rings. The van der Waals surface area contributed by atoms with Crippen LogP contribution in [0.15, 0.2) is 24.8 Å². The van der Waals surface area contributed by atoms with Crippen LogP contribution in [0.5, 0.6) is 0 Å². The van der Waals surface area contributed by atoms with Gasteiger partial charge in [-0.3, -0.25) is 0 Å². The van der Waals surface area contributed by atoms with Crippen LogP contribution in [-0.4, -0.2) is 5.88 Å². The van der Waals surface area contributed by atoms with Gasteiger partial charge in [0.15, 0.2) is 0 Å². The zero-order valence-corrected chi connectivity index (χ0v) is 7.43. The van der Waals surface area contributed by atoms with E-state index >= 15 is 0 Å². The third-order valence-electron chi connectivity index (χ3n) is 1.66. The molecule has 0 aliphatic rings. The first-order valence-electron chi connectivity index (χ1n) is 3.54. The van der Waals surface area contributed by atoms with Gasteiger partial charge >= 0.3 is 0 Å². The second-order valence-electron chi connectivity index (χ2n) is 2.58. The van der Waals surface area contributed by atoms with Gasteiger partial charge in [-0.15, -0.1) is 11.6 Å². The molecule has 12 heavy (non-hydrogen) atoms. The van der Waals surface area contributed by atoms with Gasteiger partial charge in [0.2, 0.25) is 0 Å². The number of alkyl halides is 1. The maximum Gasteiger partial charge on any atom is 0.0553 e. The highest BCUT2D eigenvalue weighted by Gasteiger charge is 1.99. The first-order chi connectivity index (χ1) is 5.65. The van der Waals surface area contributed by atoms with Crippen LogP contribution < -0.4 is 11.5 Å².